The van der Waals surface area contributed by atoms with Crippen LogP contribution in [0.1, 0.15) is 89.5 Å². The topological polar surface area (TPSA) is 33.0 Å². The molecule has 0 amide bonds. The Balaban J connectivity index is 1.38. The number of nitrogens with zero attached hydrogens (tertiary/aromatic N) is 1. The quantitative estimate of drug-likeness (QED) is 0.423. The minimum atomic E-state index is -1.11. The predicted octanol–water partition coefficient (Wildman–Crippen LogP) is 7.41. The van der Waals surface area contributed by atoms with Gasteiger partial charge >= 0.3 is 0 Å². The summed E-state index contributed by atoms with van der Waals surface area (Å²) in [7, 11) is 0. The molecule has 0 aromatic heterocycles. The lowest BCUT2D eigenvalue weighted by atomic mass is 9.69. The fraction of sp³-hybridized carbons (Fsp3) is 0.720. The summed E-state index contributed by atoms with van der Waals surface area (Å²) in [6, 6.07) is 4.29. The van der Waals surface area contributed by atoms with Crippen molar-refractivity contribution >= 4 is 0 Å². The molecule has 0 heterocycles. The molecule has 0 unspecified atom stereocenters. The van der Waals surface area contributed by atoms with Crippen LogP contribution in [0.4, 0.5) is 8.78 Å². The number of rotatable bonds is 8. The zero-order valence-electron chi connectivity index (χ0n) is 17.8. The Bertz CT molecular complexity index is 683. The van der Waals surface area contributed by atoms with Crippen LogP contribution in [0.2, 0.25) is 0 Å². The van der Waals surface area contributed by atoms with Gasteiger partial charge in [-0.05, 0) is 74.3 Å². The van der Waals surface area contributed by atoms with Crippen molar-refractivity contribution in [2.75, 3.05) is 6.61 Å². The lowest BCUT2D eigenvalue weighted by molar-refractivity contribution is 0.120. The molecule has 0 radical (unpaired) electrons. The van der Waals surface area contributed by atoms with E-state index in [-0.39, 0.29) is 11.3 Å². The number of halogens is 2. The molecular weight excluding hydrogens is 368 g/mol. The third-order valence-corrected chi connectivity index (χ3v) is 7.31. The van der Waals surface area contributed by atoms with E-state index >= 15 is 0 Å². The average molecular weight is 404 g/mol. The van der Waals surface area contributed by atoms with Crippen LogP contribution < -0.4 is 4.74 Å². The fourth-order valence-electron chi connectivity index (χ4n) is 5.39. The van der Waals surface area contributed by atoms with E-state index in [1.165, 1.54) is 76.3 Å². The highest BCUT2D eigenvalue weighted by Gasteiger charge is 2.31. The Morgan fingerprint density at radius 3 is 2.10 bits per heavy atom. The van der Waals surface area contributed by atoms with Crippen LogP contribution in [0.25, 0.3) is 0 Å². The summed E-state index contributed by atoms with van der Waals surface area (Å²) in [4.78, 5) is 0. The van der Waals surface area contributed by atoms with Crippen molar-refractivity contribution in [3.63, 3.8) is 0 Å². The third-order valence-electron chi connectivity index (χ3n) is 7.31. The van der Waals surface area contributed by atoms with E-state index in [9.17, 15) is 8.78 Å². The van der Waals surface area contributed by atoms with E-state index in [0.29, 0.717) is 12.5 Å². The Morgan fingerprint density at radius 2 is 1.52 bits per heavy atom. The second-order valence-corrected chi connectivity index (χ2v) is 9.22. The van der Waals surface area contributed by atoms with Gasteiger partial charge in [-0.1, -0.05) is 45.4 Å². The van der Waals surface area contributed by atoms with Crippen LogP contribution in [-0.4, -0.2) is 6.61 Å². The normalized spacial score (nSPS) is 27.4. The first-order valence-corrected chi connectivity index (χ1v) is 11.6. The van der Waals surface area contributed by atoms with Crippen molar-refractivity contribution in [1.82, 2.24) is 0 Å². The van der Waals surface area contributed by atoms with Gasteiger partial charge in [0.2, 0.25) is 5.82 Å². The molecule has 0 atom stereocenters. The van der Waals surface area contributed by atoms with Crippen molar-refractivity contribution in [3.8, 4) is 11.8 Å². The number of unbranched alkanes of at least 4 members (excludes halogenated alkanes) is 2. The van der Waals surface area contributed by atoms with Gasteiger partial charge in [0, 0.05) is 0 Å². The fourth-order valence-corrected chi connectivity index (χ4v) is 5.39. The molecule has 2 fully saturated rings. The maximum atomic E-state index is 14.0. The van der Waals surface area contributed by atoms with Gasteiger partial charge in [-0.15, -0.1) is 0 Å². The second kappa shape index (κ2) is 11.0. The summed E-state index contributed by atoms with van der Waals surface area (Å²) < 4.78 is 33.3. The van der Waals surface area contributed by atoms with Crippen molar-refractivity contribution < 1.29 is 13.5 Å². The van der Waals surface area contributed by atoms with Gasteiger partial charge < -0.3 is 4.74 Å². The Labute approximate surface area is 174 Å². The summed E-state index contributed by atoms with van der Waals surface area (Å²) in [5, 5.41) is 8.77. The SMILES string of the molecule is CCCCC[C@H]1CC[C@H]([C@H]2CC[C@H](COc3ccc(C#N)c(F)c3F)CC2)CC1. The van der Waals surface area contributed by atoms with Gasteiger partial charge in [-0.3, -0.25) is 0 Å². The zero-order chi connectivity index (χ0) is 20.6. The van der Waals surface area contributed by atoms with Crippen LogP contribution in [0.3, 0.4) is 0 Å². The molecular formula is C25H35F2NO. The summed E-state index contributed by atoms with van der Waals surface area (Å²) in [5.74, 6) is 0.869. The summed E-state index contributed by atoms with van der Waals surface area (Å²) >= 11 is 0. The van der Waals surface area contributed by atoms with Crippen LogP contribution >= 0.6 is 0 Å². The third kappa shape index (κ3) is 5.93. The monoisotopic (exact) mass is 403 g/mol. The summed E-state index contributed by atoms with van der Waals surface area (Å²) in [5.41, 5.74) is -0.282. The molecule has 3 rings (SSSR count). The smallest absolute Gasteiger partial charge is 0.201 e. The minimum Gasteiger partial charge on any atom is -0.490 e. The molecule has 4 heteroatoms. The lowest BCUT2D eigenvalue weighted by Crippen LogP contribution is -2.27. The van der Waals surface area contributed by atoms with Crippen LogP contribution in [0.15, 0.2) is 12.1 Å². The molecule has 2 aliphatic carbocycles. The van der Waals surface area contributed by atoms with E-state index in [1.54, 1.807) is 6.07 Å². The first kappa shape index (κ1) is 22.1. The molecule has 2 saturated carbocycles. The summed E-state index contributed by atoms with van der Waals surface area (Å²) in [6.07, 6.45) is 15.9. The molecule has 2 nitrogen and oxygen atoms in total. The number of ether oxygens (including phenoxy) is 1. The first-order valence-electron chi connectivity index (χ1n) is 11.6. The van der Waals surface area contributed by atoms with Crippen molar-refractivity contribution in [2.24, 2.45) is 23.7 Å². The second-order valence-electron chi connectivity index (χ2n) is 9.22. The highest BCUT2D eigenvalue weighted by Crippen LogP contribution is 2.42. The maximum Gasteiger partial charge on any atom is 0.201 e. The van der Waals surface area contributed by atoms with Gasteiger partial charge in [0.1, 0.15) is 6.07 Å². The lowest BCUT2D eigenvalue weighted by Gasteiger charge is -2.38. The summed E-state index contributed by atoms with van der Waals surface area (Å²) in [6.45, 7) is 2.70. The van der Waals surface area contributed by atoms with Gasteiger partial charge in [-0.25, -0.2) is 4.39 Å². The first-order chi connectivity index (χ1) is 14.1. The standard InChI is InChI=1S/C25H35F2NO/c1-2-3-4-5-18-6-10-20(11-7-18)21-12-8-19(9-13-21)17-29-23-15-14-22(16-28)24(26)25(23)27/h14-15,18-21H,2-13,17H2,1H3/t18-,19-,20-,21-. The molecule has 1 aromatic carbocycles. The van der Waals surface area contributed by atoms with Crippen LogP contribution in [0, 0.1) is 46.6 Å². The molecule has 2 aliphatic rings. The Hall–Kier alpha value is -1.63. The molecule has 0 aliphatic heterocycles. The Morgan fingerprint density at radius 1 is 0.897 bits per heavy atom. The van der Waals surface area contributed by atoms with Crippen molar-refractivity contribution in [3.05, 3.63) is 29.3 Å². The van der Waals surface area contributed by atoms with Gasteiger partial charge in [0.25, 0.3) is 0 Å². The number of hydrogen-bond donors (Lipinski definition) is 0. The van der Waals surface area contributed by atoms with Crippen LogP contribution in [0.5, 0.6) is 5.75 Å². The van der Waals surface area contributed by atoms with E-state index in [4.69, 9.17) is 10.00 Å². The van der Waals surface area contributed by atoms with Crippen molar-refractivity contribution in [2.45, 2.75) is 84.0 Å². The number of nitriles is 1. The highest BCUT2D eigenvalue weighted by atomic mass is 19.2. The van der Waals surface area contributed by atoms with Crippen LogP contribution in [-0.2, 0) is 0 Å². The van der Waals surface area contributed by atoms with E-state index in [1.807, 2.05) is 0 Å². The number of benzene rings is 1. The van der Waals surface area contributed by atoms with E-state index < -0.39 is 11.6 Å². The minimum absolute atomic E-state index is 0.0787. The average Bonchev–Trinajstić information content (AvgIpc) is 2.76. The molecule has 29 heavy (non-hydrogen) atoms. The van der Waals surface area contributed by atoms with E-state index in [0.717, 1.165) is 30.6 Å². The largest absolute Gasteiger partial charge is 0.490 e. The Kier molecular flexibility index (Phi) is 8.33. The highest BCUT2D eigenvalue weighted by molar-refractivity contribution is 5.37. The molecule has 1 aromatic rings. The molecule has 0 N–H and O–H groups in total. The predicted molar refractivity (Wildman–Crippen MR) is 112 cm³/mol. The van der Waals surface area contributed by atoms with Gasteiger partial charge in [0.05, 0.1) is 12.2 Å². The number of hydrogen-bond acceptors (Lipinski definition) is 2. The zero-order valence-corrected chi connectivity index (χ0v) is 17.8. The maximum absolute atomic E-state index is 14.0. The van der Waals surface area contributed by atoms with Crippen molar-refractivity contribution in [1.29, 1.82) is 5.26 Å². The molecule has 160 valence electrons. The van der Waals surface area contributed by atoms with E-state index in [2.05, 4.69) is 6.92 Å². The molecule has 0 saturated heterocycles. The van der Waals surface area contributed by atoms with Gasteiger partial charge in [-0.2, -0.15) is 9.65 Å². The molecule has 0 bridgehead atoms. The van der Waals surface area contributed by atoms with Gasteiger partial charge in [0.15, 0.2) is 11.6 Å². The molecule has 0 spiro atoms.